The normalized spacial score (nSPS) is 16.8. The number of rotatable bonds is 5. The van der Waals surface area contributed by atoms with Gasteiger partial charge in [-0.15, -0.1) is 0 Å². The second kappa shape index (κ2) is 7.33. The molecule has 1 atom stereocenters. The predicted octanol–water partition coefficient (Wildman–Crippen LogP) is 4.04. The molecule has 1 aliphatic heterocycles. The van der Waals surface area contributed by atoms with E-state index in [1.165, 1.54) is 5.56 Å². The van der Waals surface area contributed by atoms with Crippen molar-refractivity contribution in [3.8, 4) is 5.75 Å². The smallest absolute Gasteiger partial charge is 0.254 e. The molecular weight excluding hydrogens is 346 g/mol. The van der Waals surface area contributed by atoms with Gasteiger partial charge in [0.15, 0.2) is 0 Å². The number of ether oxygens (including phenoxy) is 1. The van der Waals surface area contributed by atoms with E-state index in [9.17, 15) is 4.79 Å². The topological polar surface area (TPSA) is 47.4 Å². The van der Waals surface area contributed by atoms with E-state index >= 15 is 0 Å². The summed E-state index contributed by atoms with van der Waals surface area (Å²) in [6.07, 6.45) is 5.73. The molecule has 6 heteroatoms. The number of carbonyl (C=O) groups is 1. The van der Waals surface area contributed by atoms with Crippen LogP contribution in [0.1, 0.15) is 40.6 Å². The van der Waals surface area contributed by atoms with E-state index in [0.29, 0.717) is 12.2 Å². The molecule has 1 aromatic carbocycles. The number of imidazole rings is 1. The van der Waals surface area contributed by atoms with Gasteiger partial charge in [-0.3, -0.25) is 4.79 Å². The Morgan fingerprint density at radius 1 is 1.31 bits per heavy atom. The van der Waals surface area contributed by atoms with Gasteiger partial charge in [0.25, 0.3) is 5.91 Å². The third-order valence-corrected chi connectivity index (χ3v) is 5.53. The summed E-state index contributed by atoms with van der Waals surface area (Å²) in [7, 11) is 1.94. The molecule has 2 aromatic heterocycles. The van der Waals surface area contributed by atoms with Crippen molar-refractivity contribution in [2.75, 3.05) is 6.54 Å². The molecule has 26 heavy (non-hydrogen) atoms. The second-order valence-corrected chi connectivity index (χ2v) is 7.26. The van der Waals surface area contributed by atoms with E-state index in [4.69, 9.17) is 4.74 Å². The Morgan fingerprint density at radius 2 is 2.15 bits per heavy atom. The van der Waals surface area contributed by atoms with E-state index in [1.807, 2.05) is 47.0 Å². The van der Waals surface area contributed by atoms with E-state index in [2.05, 4.69) is 21.8 Å². The molecule has 4 rings (SSSR count). The number of thiophene rings is 1. The van der Waals surface area contributed by atoms with Crippen LogP contribution in [0.15, 0.2) is 53.5 Å². The fourth-order valence-electron chi connectivity index (χ4n) is 3.36. The number of benzene rings is 1. The molecular formula is C20H21N3O2S. The van der Waals surface area contributed by atoms with Gasteiger partial charge in [-0.25, -0.2) is 4.98 Å². The van der Waals surface area contributed by atoms with Crippen LogP contribution < -0.4 is 4.74 Å². The third kappa shape index (κ3) is 3.37. The van der Waals surface area contributed by atoms with E-state index < -0.39 is 0 Å². The Balaban J connectivity index is 1.43. The van der Waals surface area contributed by atoms with Gasteiger partial charge in [0.1, 0.15) is 18.2 Å². The third-order valence-electron chi connectivity index (χ3n) is 4.83. The fraction of sp³-hybridized carbons (Fsp3) is 0.300. The van der Waals surface area contributed by atoms with Crippen LogP contribution >= 0.6 is 11.3 Å². The molecule has 0 spiro atoms. The molecule has 1 amide bonds. The van der Waals surface area contributed by atoms with E-state index in [1.54, 1.807) is 17.5 Å². The molecule has 0 radical (unpaired) electrons. The summed E-state index contributed by atoms with van der Waals surface area (Å²) in [6, 6.07) is 9.72. The number of amides is 1. The second-order valence-electron chi connectivity index (χ2n) is 6.48. The average molecular weight is 367 g/mol. The van der Waals surface area contributed by atoms with Crippen LogP contribution in [0, 0.1) is 0 Å². The Bertz CT molecular complexity index is 871. The summed E-state index contributed by atoms with van der Waals surface area (Å²) < 4.78 is 7.69. The first kappa shape index (κ1) is 16.8. The minimum absolute atomic E-state index is 0.0920. The molecule has 1 unspecified atom stereocenters. The van der Waals surface area contributed by atoms with Gasteiger partial charge >= 0.3 is 0 Å². The molecule has 0 bridgehead atoms. The number of aryl methyl sites for hydroxylation is 1. The van der Waals surface area contributed by atoms with Crippen molar-refractivity contribution in [2.45, 2.75) is 25.5 Å². The minimum atomic E-state index is 0.0920. The molecule has 5 nitrogen and oxygen atoms in total. The summed E-state index contributed by atoms with van der Waals surface area (Å²) in [6.45, 7) is 1.22. The van der Waals surface area contributed by atoms with Crippen LogP contribution in [0.3, 0.4) is 0 Å². The van der Waals surface area contributed by atoms with Crippen LogP contribution in [0.2, 0.25) is 0 Å². The summed E-state index contributed by atoms with van der Waals surface area (Å²) in [4.78, 5) is 19.2. The molecule has 1 aliphatic rings. The first-order chi connectivity index (χ1) is 12.7. The summed E-state index contributed by atoms with van der Waals surface area (Å²) >= 11 is 1.68. The van der Waals surface area contributed by atoms with Crippen LogP contribution in [-0.2, 0) is 13.7 Å². The SMILES string of the molecule is Cn1ccnc1COc1ccc(C(=O)N2CCCC2c2ccsc2)cc1. The largest absolute Gasteiger partial charge is 0.486 e. The highest BCUT2D eigenvalue weighted by atomic mass is 32.1. The van der Waals surface area contributed by atoms with Crippen molar-refractivity contribution in [1.82, 2.24) is 14.5 Å². The first-order valence-electron chi connectivity index (χ1n) is 8.74. The first-order valence-corrected chi connectivity index (χ1v) is 9.69. The number of aromatic nitrogens is 2. The Kier molecular flexibility index (Phi) is 4.75. The van der Waals surface area contributed by atoms with Crippen LogP contribution in [0.5, 0.6) is 5.75 Å². The molecule has 1 fully saturated rings. The van der Waals surface area contributed by atoms with Gasteiger partial charge in [0, 0.05) is 31.5 Å². The van der Waals surface area contributed by atoms with E-state index in [0.717, 1.165) is 31.0 Å². The predicted molar refractivity (Wildman–Crippen MR) is 101 cm³/mol. The molecule has 0 aliphatic carbocycles. The standard InChI is InChI=1S/C20H21N3O2S/c1-22-11-9-21-19(22)13-25-17-6-4-15(5-7-17)20(24)23-10-2-3-18(23)16-8-12-26-14-16/h4-9,11-12,14,18H,2-3,10,13H2,1H3. The number of hydrogen-bond donors (Lipinski definition) is 0. The quantitative estimate of drug-likeness (QED) is 0.684. The maximum absolute atomic E-state index is 12.9. The van der Waals surface area contributed by atoms with Crippen LogP contribution in [0.25, 0.3) is 0 Å². The number of nitrogens with zero attached hydrogens (tertiary/aromatic N) is 3. The van der Waals surface area contributed by atoms with Crippen molar-refractivity contribution >= 4 is 17.2 Å². The maximum atomic E-state index is 12.9. The highest BCUT2D eigenvalue weighted by Crippen LogP contribution is 2.34. The van der Waals surface area contributed by atoms with Gasteiger partial charge < -0.3 is 14.2 Å². The number of likely N-dealkylation sites (tertiary alicyclic amines) is 1. The molecule has 3 aromatic rings. The molecule has 3 heterocycles. The summed E-state index contributed by atoms with van der Waals surface area (Å²) in [5.74, 6) is 1.69. The number of hydrogen-bond acceptors (Lipinski definition) is 4. The fourth-order valence-corrected chi connectivity index (χ4v) is 4.07. The van der Waals surface area contributed by atoms with Crippen LogP contribution in [-0.4, -0.2) is 26.9 Å². The minimum Gasteiger partial charge on any atom is -0.486 e. The monoisotopic (exact) mass is 367 g/mol. The van der Waals surface area contributed by atoms with Gasteiger partial charge in [0.2, 0.25) is 0 Å². The zero-order valence-electron chi connectivity index (χ0n) is 14.7. The Labute approximate surface area is 156 Å². The van der Waals surface area contributed by atoms with Gasteiger partial charge in [0.05, 0.1) is 6.04 Å². The lowest BCUT2D eigenvalue weighted by Gasteiger charge is -2.24. The molecule has 134 valence electrons. The Hall–Kier alpha value is -2.60. The van der Waals surface area contributed by atoms with Gasteiger partial charge in [-0.2, -0.15) is 11.3 Å². The average Bonchev–Trinajstić information content (AvgIpc) is 3.41. The highest BCUT2D eigenvalue weighted by Gasteiger charge is 2.30. The molecule has 0 N–H and O–H groups in total. The van der Waals surface area contributed by atoms with Crippen molar-refractivity contribution in [3.63, 3.8) is 0 Å². The Morgan fingerprint density at radius 3 is 2.85 bits per heavy atom. The van der Waals surface area contributed by atoms with Crippen molar-refractivity contribution in [1.29, 1.82) is 0 Å². The summed E-state index contributed by atoms with van der Waals surface area (Å²) in [5, 5.41) is 4.22. The van der Waals surface area contributed by atoms with E-state index in [-0.39, 0.29) is 11.9 Å². The van der Waals surface area contributed by atoms with Gasteiger partial charge in [-0.1, -0.05) is 0 Å². The highest BCUT2D eigenvalue weighted by molar-refractivity contribution is 7.08. The lowest BCUT2D eigenvalue weighted by molar-refractivity contribution is 0.0736. The lowest BCUT2D eigenvalue weighted by atomic mass is 10.1. The molecule has 0 saturated carbocycles. The lowest BCUT2D eigenvalue weighted by Crippen LogP contribution is -2.30. The zero-order valence-corrected chi connectivity index (χ0v) is 15.5. The molecule has 1 saturated heterocycles. The summed E-state index contributed by atoms with van der Waals surface area (Å²) in [5.41, 5.74) is 1.95. The maximum Gasteiger partial charge on any atom is 0.254 e. The number of carbonyl (C=O) groups excluding carboxylic acids is 1. The zero-order chi connectivity index (χ0) is 17.9. The van der Waals surface area contributed by atoms with Crippen molar-refractivity contribution in [3.05, 3.63) is 70.4 Å². The van der Waals surface area contributed by atoms with Gasteiger partial charge in [-0.05, 0) is 59.5 Å². The van der Waals surface area contributed by atoms with Crippen molar-refractivity contribution in [2.24, 2.45) is 7.05 Å². The van der Waals surface area contributed by atoms with Crippen LogP contribution in [0.4, 0.5) is 0 Å². The van der Waals surface area contributed by atoms with Crippen molar-refractivity contribution < 1.29 is 9.53 Å².